The fraction of sp³-hybridized carbons (Fsp3) is 0.913. The summed E-state index contributed by atoms with van der Waals surface area (Å²) in [7, 11) is 0. The lowest BCUT2D eigenvalue weighted by atomic mass is 9.95. The highest BCUT2D eigenvalue weighted by Gasteiger charge is 2.13. The molecule has 4 nitrogen and oxygen atoms in total. The highest BCUT2D eigenvalue weighted by molar-refractivity contribution is 5.69. The zero-order valence-corrected chi connectivity index (χ0v) is 18.6. The van der Waals surface area contributed by atoms with Gasteiger partial charge in [0.15, 0.2) is 0 Å². The van der Waals surface area contributed by atoms with Gasteiger partial charge in [0.05, 0.1) is 13.2 Å². The maximum absolute atomic E-state index is 11.8. The minimum Gasteiger partial charge on any atom is -0.465 e. The van der Waals surface area contributed by atoms with Crippen LogP contribution in [0.1, 0.15) is 105 Å². The molecule has 4 heteroatoms. The van der Waals surface area contributed by atoms with Gasteiger partial charge in [-0.2, -0.15) is 0 Å². The third-order valence-corrected chi connectivity index (χ3v) is 4.68. The molecule has 0 bridgehead atoms. The summed E-state index contributed by atoms with van der Waals surface area (Å²) in [5.41, 5.74) is 0. The van der Waals surface area contributed by atoms with Crippen LogP contribution in [-0.2, 0) is 19.1 Å². The molecule has 0 aromatic heterocycles. The molecule has 0 spiro atoms. The summed E-state index contributed by atoms with van der Waals surface area (Å²) in [5.74, 6) is 1.18. The summed E-state index contributed by atoms with van der Waals surface area (Å²) >= 11 is 0. The van der Waals surface area contributed by atoms with Gasteiger partial charge in [-0.1, -0.05) is 79.6 Å². The first-order chi connectivity index (χ1) is 12.8. The molecule has 1 atom stereocenters. The van der Waals surface area contributed by atoms with Crippen molar-refractivity contribution in [1.29, 1.82) is 0 Å². The molecule has 27 heavy (non-hydrogen) atoms. The Bertz CT molecular complexity index is 377. The summed E-state index contributed by atoms with van der Waals surface area (Å²) < 4.78 is 10.5. The van der Waals surface area contributed by atoms with E-state index in [1.54, 1.807) is 0 Å². The molecular weight excluding hydrogens is 340 g/mol. The van der Waals surface area contributed by atoms with E-state index in [1.165, 1.54) is 32.1 Å². The topological polar surface area (TPSA) is 52.6 Å². The SMILES string of the molecule is CCC(CCCCCCCCCC(=O)OCC(C)C)CC(=O)OCC(C)C. The average molecular weight is 385 g/mol. The standard InChI is InChI=1S/C23H44O4/c1-6-21(16-23(25)27-18-20(4)5)14-12-10-8-7-9-11-13-15-22(24)26-17-19(2)3/h19-21H,6-18H2,1-5H3. The second-order valence-corrected chi connectivity index (χ2v) is 8.65. The number of carbonyl (C=O) groups excluding carboxylic acids is 2. The van der Waals surface area contributed by atoms with E-state index in [0.717, 1.165) is 25.7 Å². The van der Waals surface area contributed by atoms with E-state index in [1.807, 2.05) is 0 Å². The number of hydrogen-bond acceptors (Lipinski definition) is 4. The third kappa shape index (κ3) is 18.1. The van der Waals surface area contributed by atoms with Crippen LogP contribution in [0.15, 0.2) is 0 Å². The normalized spacial score (nSPS) is 12.4. The zero-order valence-electron chi connectivity index (χ0n) is 18.6. The van der Waals surface area contributed by atoms with Crippen molar-refractivity contribution in [3.63, 3.8) is 0 Å². The largest absolute Gasteiger partial charge is 0.465 e. The van der Waals surface area contributed by atoms with E-state index in [0.29, 0.717) is 43.8 Å². The van der Waals surface area contributed by atoms with Crippen molar-refractivity contribution in [3.8, 4) is 0 Å². The van der Waals surface area contributed by atoms with Crippen LogP contribution in [0.3, 0.4) is 0 Å². The lowest BCUT2D eigenvalue weighted by Crippen LogP contribution is -2.14. The van der Waals surface area contributed by atoms with Gasteiger partial charge in [-0.15, -0.1) is 0 Å². The monoisotopic (exact) mass is 384 g/mol. The van der Waals surface area contributed by atoms with Crippen LogP contribution in [0.25, 0.3) is 0 Å². The molecule has 0 amide bonds. The van der Waals surface area contributed by atoms with Crippen LogP contribution in [0.5, 0.6) is 0 Å². The first kappa shape index (κ1) is 25.9. The minimum atomic E-state index is -0.0544. The second kappa shape index (κ2) is 17.1. The van der Waals surface area contributed by atoms with Crippen LogP contribution in [-0.4, -0.2) is 25.2 Å². The molecule has 0 saturated heterocycles. The number of rotatable bonds is 17. The molecule has 0 aromatic carbocycles. The minimum absolute atomic E-state index is 0.0394. The highest BCUT2D eigenvalue weighted by Crippen LogP contribution is 2.19. The lowest BCUT2D eigenvalue weighted by Gasteiger charge is -2.14. The Kier molecular flexibility index (Phi) is 16.4. The van der Waals surface area contributed by atoms with Crippen LogP contribution < -0.4 is 0 Å². The van der Waals surface area contributed by atoms with Gasteiger partial charge in [-0.3, -0.25) is 9.59 Å². The number of esters is 2. The number of unbranched alkanes of at least 4 members (excludes halogenated alkanes) is 6. The average Bonchev–Trinajstić information content (AvgIpc) is 2.62. The quantitative estimate of drug-likeness (QED) is 0.218. The molecule has 160 valence electrons. The molecule has 0 radical (unpaired) electrons. The van der Waals surface area contributed by atoms with Crippen LogP contribution >= 0.6 is 0 Å². The first-order valence-corrected chi connectivity index (χ1v) is 11.2. The van der Waals surface area contributed by atoms with Crippen LogP contribution in [0, 0.1) is 17.8 Å². The smallest absolute Gasteiger partial charge is 0.306 e. The van der Waals surface area contributed by atoms with Gasteiger partial charge in [-0.05, 0) is 30.6 Å². The lowest BCUT2D eigenvalue weighted by molar-refractivity contribution is -0.146. The summed E-state index contributed by atoms with van der Waals surface area (Å²) in [6, 6.07) is 0. The van der Waals surface area contributed by atoms with Gasteiger partial charge < -0.3 is 9.47 Å². The maximum Gasteiger partial charge on any atom is 0.306 e. The Hall–Kier alpha value is -1.06. The summed E-state index contributed by atoms with van der Waals surface area (Å²) in [4.78, 5) is 23.3. The van der Waals surface area contributed by atoms with Gasteiger partial charge in [0, 0.05) is 12.8 Å². The second-order valence-electron chi connectivity index (χ2n) is 8.65. The third-order valence-electron chi connectivity index (χ3n) is 4.68. The molecule has 0 fully saturated rings. The van der Waals surface area contributed by atoms with Gasteiger partial charge in [0.2, 0.25) is 0 Å². The van der Waals surface area contributed by atoms with E-state index in [9.17, 15) is 9.59 Å². The fourth-order valence-corrected chi connectivity index (χ4v) is 2.92. The summed E-state index contributed by atoms with van der Waals surface area (Å²) in [6.07, 6.45) is 11.4. The number of ether oxygens (including phenoxy) is 2. The Morgan fingerprint density at radius 1 is 0.704 bits per heavy atom. The predicted octanol–water partition coefficient (Wildman–Crippen LogP) is 6.31. The summed E-state index contributed by atoms with van der Waals surface area (Å²) in [6.45, 7) is 11.4. The predicted molar refractivity (Wildman–Crippen MR) is 112 cm³/mol. The molecule has 0 rings (SSSR count). The number of carbonyl (C=O) groups is 2. The molecular formula is C23H44O4. The van der Waals surface area contributed by atoms with E-state index in [2.05, 4.69) is 34.6 Å². The van der Waals surface area contributed by atoms with Crippen molar-refractivity contribution in [2.24, 2.45) is 17.8 Å². The molecule has 0 heterocycles. The van der Waals surface area contributed by atoms with Crippen molar-refractivity contribution in [2.45, 2.75) is 105 Å². The Morgan fingerprint density at radius 2 is 1.19 bits per heavy atom. The van der Waals surface area contributed by atoms with E-state index in [-0.39, 0.29) is 11.9 Å². The Balaban J connectivity index is 3.53. The molecule has 0 aliphatic carbocycles. The van der Waals surface area contributed by atoms with Crippen molar-refractivity contribution < 1.29 is 19.1 Å². The van der Waals surface area contributed by atoms with E-state index < -0.39 is 0 Å². The molecule has 0 aliphatic heterocycles. The molecule has 0 N–H and O–H groups in total. The summed E-state index contributed by atoms with van der Waals surface area (Å²) in [5, 5.41) is 0. The van der Waals surface area contributed by atoms with E-state index in [4.69, 9.17) is 9.47 Å². The Morgan fingerprint density at radius 3 is 1.70 bits per heavy atom. The van der Waals surface area contributed by atoms with Gasteiger partial charge in [-0.25, -0.2) is 0 Å². The van der Waals surface area contributed by atoms with Gasteiger partial charge >= 0.3 is 11.9 Å². The molecule has 0 aromatic rings. The van der Waals surface area contributed by atoms with Crippen molar-refractivity contribution in [2.75, 3.05) is 13.2 Å². The highest BCUT2D eigenvalue weighted by atomic mass is 16.5. The van der Waals surface area contributed by atoms with E-state index >= 15 is 0 Å². The van der Waals surface area contributed by atoms with Crippen molar-refractivity contribution in [1.82, 2.24) is 0 Å². The van der Waals surface area contributed by atoms with Crippen LogP contribution in [0.4, 0.5) is 0 Å². The molecule has 0 aliphatic rings. The fourth-order valence-electron chi connectivity index (χ4n) is 2.92. The van der Waals surface area contributed by atoms with Gasteiger partial charge in [0.25, 0.3) is 0 Å². The number of hydrogen-bond donors (Lipinski definition) is 0. The van der Waals surface area contributed by atoms with Crippen LogP contribution in [0.2, 0.25) is 0 Å². The van der Waals surface area contributed by atoms with Crippen molar-refractivity contribution >= 4 is 11.9 Å². The maximum atomic E-state index is 11.8. The Labute approximate surface area is 167 Å². The van der Waals surface area contributed by atoms with Gasteiger partial charge in [0.1, 0.15) is 0 Å². The zero-order chi connectivity index (χ0) is 20.5. The molecule has 1 unspecified atom stereocenters. The van der Waals surface area contributed by atoms with Crippen molar-refractivity contribution in [3.05, 3.63) is 0 Å². The first-order valence-electron chi connectivity index (χ1n) is 11.2. The molecule has 0 saturated carbocycles.